The number of hydrogen-bond acceptors (Lipinski definition) is 6. The minimum Gasteiger partial charge on any atom is -0.495 e. The van der Waals surface area contributed by atoms with Gasteiger partial charge in [-0.25, -0.2) is 0 Å². The van der Waals surface area contributed by atoms with Crippen molar-refractivity contribution in [3.05, 3.63) is 52.5 Å². The molecule has 2 aromatic rings. The summed E-state index contributed by atoms with van der Waals surface area (Å²) in [6.45, 7) is 1.29. The maximum Gasteiger partial charge on any atom is 0.313 e. The van der Waals surface area contributed by atoms with E-state index in [1.807, 2.05) is 13.0 Å². The molecule has 1 aliphatic heterocycles. The lowest BCUT2D eigenvalue weighted by atomic mass is 9.97. The van der Waals surface area contributed by atoms with E-state index in [9.17, 15) is 14.4 Å². The number of ether oxygens (including phenoxy) is 3. The van der Waals surface area contributed by atoms with Crippen molar-refractivity contribution in [1.29, 1.82) is 0 Å². The summed E-state index contributed by atoms with van der Waals surface area (Å²) in [4.78, 5) is 36.3. The SMILES string of the molecule is COc1ccc(C)cc1NC(=O)CNC(=O)COC(=O)C1COc2ccc(Cl)cc2C1. The fraction of sp³-hybridized carbons (Fsp3) is 0.318. The summed E-state index contributed by atoms with van der Waals surface area (Å²) in [7, 11) is 1.50. The predicted molar refractivity (Wildman–Crippen MR) is 114 cm³/mol. The standard InChI is InChI=1S/C22H23ClN2O6/c1-13-3-5-19(29-2)17(7-13)25-20(26)10-24-21(27)12-31-22(28)15-8-14-9-16(23)4-6-18(14)30-11-15/h3-7,9,15H,8,10-12H2,1-2H3,(H,24,27)(H,25,26). The van der Waals surface area contributed by atoms with E-state index in [1.54, 1.807) is 30.3 Å². The van der Waals surface area contributed by atoms with E-state index >= 15 is 0 Å². The van der Waals surface area contributed by atoms with Gasteiger partial charge >= 0.3 is 5.97 Å². The van der Waals surface area contributed by atoms with Crippen molar-refractivity contribution in [2.24, 2.45) is 5.92 Å². The lowest BCUT2D eigenvalue weighted by Crippen LogP contribution is -2.37. The Bertz CT molecular complexity index is 994. The third-order valence-electron chi connectivity index (χ3n) is 4.68. The van der Waals surface area contributed by atoms with Crippen molar-refractivity contribution < 1.29 is 28.6 Å². The zero-order chi connectivity index (χ0) is 22.4. The van der Waals surface area contributed by atoms with Gasteiger partial charge in [0.15, 0.2) is 6.61 Å². The largest absolute Gasteiger partial charge is 0.495 e. The molecule has 164 valence electrons. The molecule has 0 spiro atoms. The van der Waals surface area contributed by atoms with E-state index in [-0.39, 0.29) is 13.2 Å². The van der Waals surface area contributed by atoms with Crippen LogP contribution in [0.25, 0.3) is 0 Å². The molecule has 1 unspecified atom stereocenters. The van der Waals surface area contributed by atoms with E-state index in [4.69, 9.17) is 25.8 Å². The van der Waals surface area contributed by atoms with E-state index in [0.717, 1.165) is 11.1 Å². The first-order valence-corrected chi connectivity index (χ1v) is 10.0. The van der Waals surface area contributed by atoms with Crippen LogP contribution in [0.5, 0.6) is 11.5 Å². The van der Waals surface area contributed by atoms with Crippen molar-refractivity contribution in [1.82, 2.24) is 5.32 Å². The van der Waals surface area contributed by atoms with E-state index in [1.165, 1.54) is 7.11 Å². The first-order valence-electron chi connectivity index (χ1n) is 9.64. The number of halogens is 1. The topological polar surface area (TPSA) is 103 Å². The smallest absolute Gasteiger partial charge is 0.313 e. The first-order chi connectivity index (χ1) is 14.9. The molecule has 1 atom stereocenters. The first kappa shape index (κ1) is 22.4. The van der Waals surface area contributed by atoms with Gasteiger partial charge in [-0.2, -0.15) is 0 Å². The lowest BCUT2D eigenvalue weighted by Gasteiger charge is -2.24. The second-order valence-electron chi connectivity index (χ2n) is 7.10. The lowest BCUT2D eigenvalue weighted by molar-refractivity contribution is -0.153. The summed E-state index contributed by atoms with van der Waals surface area (Å²) >= 11 is 5.98. The average Bonchev–Trinajstić information content (AvgIpc) is 2.75. The number of carbonyl (C=O) groups is 3. The minimum atomic E-state index is -0.583. The molecule has 2 N–H and O–H groups in total. The summed E-state index contributed by atoms with van der Waals surface area (Å²) in [5, 5.41) is 5.65. The number of aryl methyl sites for hydroxylation is 1. The predicted octanol–water partition coefficient (Wildman–Crippen LogP) is 2.51. The van der Waals surface area contributed by atoms with Gasteiger partial charge in [0.1, 0.15) is 18.1 Å². The highest BCUT2D eigenvalue weighted by molar-refractivity contribution is 6.30. The van der Waals surface area contributed by atoms with Gasteiger partial charge < -0.3 is 24.8 Å². The van der Waals surface area contributed by atoms with Gasteiger partial charge in [0.2, 0.25) is 5.91 Å². The van der Waals surface area contributed by atoms with Crippen LogP contribution in [0, 0.1) is 12.8 Å². The molecule has 0 fully saturated rings. The van der Waals surface area contributed by atoms with E-state index < -0.39 is 30.3 Å². The van der Waals surface area contributed by atoms with Crippen LogP contribution in [0.4, 0.5) is 5.69 Å². The number of nitrogens with one attached hydrogen (secondary N) is 2. The molecular weight excluding hydrogens is 424 g/mol. The van der Waals surface area contributed by atoms with Crippen LogP contribution in [-0.2, 0) is 25.5 Å². The maximum absolute atomic E-state index is 12.3. The summed E-state index contributed by atoms with van der Waals surface area (Å²) in [6.07, 6.45) is 0.414. The van der Waals surface area contributed by atoms with E-state index in [2.05, 4.69) is 10.6 Å². The third kappa shape index (κ3) is 6.11. The van der Waals surface area contributed by atoms with Gasteiger partial charge in [-0.05, 0) is 54.8 Å². The van der Waals surface area contributed by atoms with Gasteiger partial charge in [-0.15, -0.1) is 0 Å². The molecule has 0 bridgehead atoms. The minimum absolute atomic E-state index is 0.163. The Kier molecular flexibility index (Phi) is 7.36. The fourth-order valence-corrected chi connectivity index (χ4v) is 3.31. The number of esters is 1. The van der Waals surface area contributed by atoms with Crippen LogP contribution >= 0.6 is 11.6 Å². The third-order valence-corrected chi connectivity index (χ3v) is 4.92. The summed E-state index contributed by atoms with van der Waals surface area (Å²) in [6, 6.07) is 10.6. The van der Waals surface area contributed by atoms with Gasteiger partial charge in [-0.3, -0.25) is 14.4 Å². The number of rotatable bonds is 7. The highest BCUT2D eigenvalue weighted by Crippen LogP contribution is 2.30. The Morgan fingerprint density at radius 2 is 1.97 bits per heavy atom. The molecule has 0 aliphatic carbocycles. The van der Waals surface area contributed by atoms with Crippen LogP contribution in [0.1, 0.15) is 11.1 Å². The molecule has 1 heterocycles. The van der Waals surface area contributed by atoms with Crippen molar-refractivity contribution in [2.75, 3.05) is 32.2 Å². The maximum atomic E-state index is 12.3. The van der Waals surface area contributed by atoms with Gasteiger partial charge in [0.25, 0.3) is 5.91 Å². The monoisotopic (exact) mass is 446 g/mol. The highest BCUT2D eigenvalue weighted by Gasteiger charge is 2.28. The number of amides is 2. The van der Waals surface area contributed by atoms with Gasteiger partial charge in [0.05, 0.1) is 25.3 Å². The Hall–Kier alpha value is -3.26. The fourth-order valence-electron chi connectivity index (χ4n) is 3.11. The summed E-state index contributed by atoms with van der Waals surface area (Å²) in [5.41, 5.74) is 2.27. The normalized spacial score (nSPS) is 14.6. The number of anilines is 1. The zero-order valence-corrected chi connectivity index (χ0v) is 18.0. The molecule has 0 radical (unpaired) electrons. The van der Waals surface area contributed by atoms with Crippen LogP contribution in [0.15, 0.2) is 36.4 Å². The highest BCUT2D eigenvalue weighted by atomic mass is 35.5. The summed E-state index contributed by atoms with van der Waals surface area (Å²) < 4.78 is 15.8. The Labute approximate surface area is 184 Å². The number of methoxy groups -OCH3 is 1. The van der Waals surface area contributed by atoms with Crippen molar-refractivity contribution in [3.63, 3.8) is 0 Å². The quantitative estimate of drug-likeness (QED) is 0.633. The molecule has 8 nitrogen and oxygen atoms in total. The molecule has 2 aromatic carbocycles. The number of benzene rings is 2. The molecule has 1 aliphatic rings. The molecule has 2 amide bonds. The van der Waals surface area contributed by atoms with Gasteiger partial charge in [0, 0.05) is 5.02 Å². The van der Waals surface area contributed by atoms with E-state index in [0.29, 0.717) is 28.6 Å². The Balaban J connectivity index is 1.42. The van der Waals surface area contributed by atoms with Crippen molar-refractivity contribution in [3.8, 4) is 11.5 Å². The molecule has 0 saturated carbocycles. The molecule has 31 heavy (non-hydrogen) atoms. The second-order valence-corrected chi connectivity index (χ2v) is 7.54. The molecule has 9 heteroatoms. The second kappa shape index (κ2) is 10.2. The summed E-state index contributed by atoms with van der Waals surface area (Å²) in [5.74, 6) is -0.901. The van der Waals surface area contributed by atoms with Crippen molar-refractivity contribution >= 4 is 35.1 Å². The number of hydrogen-bond donors (Lipinski definition) is 2. The molecular formula is C22H23ClN2O6. The zero-order valence-electron chi connectivity index (χ0n) is 17.2. The Morgan fingerprint density at radius 3 is 2.74 bits per heavy atom. The molecule has 3 rings (SSSR count). The van der Waals surface area contributed by atoms with Crippen LogP contribution in [-0.4, -0.2) is 44.7 Å². The molecule has 0 aromatic heterocycles. The van der Waals surface area contributed by atoms with Crippen LogP contribution < -0.4 is 20.1 Å². The van der Waals surface area contributed by atoms with Crippen LogP contribution in [0.3, 0.4) is 0 Å². The number of fused-ring (bicyclic) bond motifs is 1. The number of carbonyl (C=O) groups excluding carboxylic acids is 3. The Morgan fingerprint density at radius 1 is 1.16 bits per heavy atom. The van der Waals surface area contributed by atoms with Crippen LogP contribution in [0.2, 0.25) is 5.02 Å². The molecule has 0 saturated heterocycles. The van der Waals surface area contributed by atoms with Crippen molar-refractivity contribution in [2.45, 2.75) is 13.3 Å². The van der Waals surface area contributed by atoms with Gasteiger partial charge in [-0.1, -0.05) is 17.7 Å². The average molecular weight is 447 g/mol.